The molecule has 0 bridgehead atoms. The summed E-state index contributed by atoms with van der Waals surface area (Å²) < 4.78 is 23.5. The Morgan fingerprint density at radius 3 is 2.44 bits per heavy atom. The molecule has 18 heavy (non-hydrogen) atoms. The minimum Gasteiger partial charge on any atom is -0.225 e. The van der Waals surface area contributed by atoms with E-state index in [9.17, 15) is 8.42 Å². The van der Waals surface area contributed by atoms with Crippen molar-refractivity contribution in [3.8, 4) is 0 Å². The van der Waals surface area contributed by atoms with Crippen LogP contribution in [-0.2, 0) is 16.4 Å². The Morgan fingerprint density at radius 1 is 1.33 bits per heavy atom. The fraction of sp³-hybridized carbons (Fsp3) is 0.538. The highest BCUT2D eigenvalue weighted by Gasteiger charge is 2.35. The third-order valence-corrected chi connectivity index (χ3v) is 6.39. The molecule has 5 heteroatoms. The smallest absolute Gasteiger partial charge is 0.225 e. The van der Waals surface area contributed by atoms with Crippen LogP contribution in [0.25, 0.3) is 0 Å². The van der Waals surface area contributed by atoms with E-state index in [1.165, 1.54) is 0 Å². The van der Waals surface area contributed by atoms with Crippen molar-refractivity contribution in [3.63, 3.8) is 0 Å². The van der Waals surface area contributed by atoms with E-state index in [-0.39, 0.29) is 5.41 Å². The molecule has 0 amide bonds. The molecular weight excluding hydrogens is 266 g/mol. The van der Waals surface area contributed by atoms with E-state index in [4.69, 9.17) is 5.14 Å². The van der Waals surface area contributed by atoms with Gasteiger partial charge >= 0.3 is 0 Å². The summed E-state index contributed by atoms with van der Waals surface area (Å²) >= 11 is 1.65. The van der Waals surface area contributed by atoms with Crippen LogP contribution in [0.3, 0.4) is 0 Å². The average molecular weight is 285 g/mol. The molecule has 0 aromatic heterocycles. The molecule has 0 saturated heterocycles. The second kappa shape index (κ2) is 4.25. The Morgan fingerprint density at radius 2 is 1.94 bits per heavy atom. The lowest BCUT2D eigenvalue weighted by molar-refractivity contribution is 0.396. The highest BCUT2D eigenvalue weighted by atomic mass is 32.2. The quantitative estimate of drug-likeness (QED) is 0.863. The summed E-state index contributed by atoms with van der Waals surface area (Å²) in [6.07, 6.45) is 0.909. The van der Waals surface area contributed by atoms with Crippen LogP contribution < -0.4 is 5.14 Å². The number of sulfonamides is 1. The SMILES string of the molecule is Cc1ccc2c(c1S(N)(=O)=O)SC(C(C)(C)C)C2. The lowest BCUT2D eigenvalue weighted by Gasteiger charge is -2.25. The molecule has 0 aliphatic carbocycles. The third-order valence-electron chi connectivity index (χ3n) is 3.31. The van der Waals surface area contributed by atoms with Gasteiger partial charge in [0.05, 0.1) is 4.90 Å². The van der Waals surface area contributed by atoms with Gasteiger partial charge in [-0.1, -0.05) is 32.9 Å². The molecule has 1 aliphatic rings. The van der Waals surface area contributed by atoms with E-state index in [0.29, 0.717) is 10.1 Å². The van der Waals surface area contributed by atoms with Crippen LogP contribution in [0.4, 0.5) is 0 Å². The number of rotatable bonds is 1. The van der Waals surface area contributed by atoms with Gasteiger partial charge in [0, 0.05) is 10.1 Å². The van der Waals surface area contributed by atoms with Crippen molar-refractivity contribution >= 4 is 21.8 Å². The zero-order valence-corrected chi connectivity index (χ0v) is 12.8. The van der Waals surface area contributed by atoms with E-state index >= 15 is 0 Å². The van der Waals surface area contributed by atoms with Crippen LogP contribution in [0, 0.1) is 12.3 Å². The van der Waals surface area contributed by atoms with E-state index in [0.717, 1.165) is 22.4 Å². The lowest BCUT2D eigenvalue weighted by atomic mass is 9.88. The topological polar surface area (TPSA) is 60.2 Å². The van der Waals surface area contributed by atoms with Gasteiger partial charge in [-0.05, 0) is 29.9 Å². The van der Waals surface area contributed by atoms with Crippen molar-refractivity contribution in [2.45, 2.75) is 49.2 Å². The second-order valence-electron chi connectivity index (χ2n) is 5.92. The number of hydrogen-bond acceptors (Lipinski definition) is 3. The maximum absolute atomic E-state index is 11.7. The molecule has 0 radical (unpaired) electrons. The molecule has 1 atom stereocenters. The number of nitrogens with two attached hydrogens (primary N) is 1. The standard InChI is InChI=1S/C13H19NO2S2/c1-8-5-6-9-7-10(13(2,3)4)17-11(9)12(8)18(14,15)16/h5-6,10H,7H2,1-4H3,(H2,14,15,16). The summed E-state index contributed by atoms with van der Waals surface area (Å²) in [5.74, 6) is 0. The van der Waals surface area contributed by atoms with Crippen molar-refractivity contribution in [2.24, 2.45) is 10.6 Å². The minimum absolute atomic E-state index is 0.146. The van der Waals surface area contributed by atoms with Crippen molar-refractivity contribution in [1.29, 1.82) is 0 Å². The number of primary sulfonamides is 1. The molecule has 1 aromatic rings. The zero-order chi connectivity index (χ0) is 13.7. The Labute approximate surface area is 113 Å². The van der Waals surface area contributed by atoms with Crippen molar-refractivity contribution in [1.82, 2.24) is 0 Å². The van der Waals surface area contributed by atoms with Gasteiger partial charge in [-0.2, -0.15) is 0 Å². The largest absolute Gasteiger partial charge is 0.239 e. The summed E-state index contributed by atoms with van der Waals surface area (Å²) in [7, 11) is -3.65. The maximum atomic E-state index is 11.7. The van der Waals surface area contributed by atoms with Gasteiger partial charge in [0.25, 0.3) is 0 Å². The number of fused-ring (bicyclic) bond motifs is 1. The molecular formula is C13H19NO2S2. The second-order valence-corrected chi connectivity index (χ2v) is 8.63. The van der Waals surface area contributed by atoms with Crippen LogP contribution >= 0.6 is 11.8 Å². The zero-order valence-electron chi connectivity index (χ0n) is 11.1. The van der Waals surface area contributed by atoms with E-state index in [2.05, 4.69) is 20.8 Å². The molecule has 0 saturated carbocycles. The molecule has 3 nitrogen and oxygen atoms in total. The summed E-state index contributed by atoms with van der Waals surface area (Å²) in [4.78, 5) is 1.18. The summed E-state index contributed by atoms with van der Waals surface area (Å²) in [5.41, 5.74) is 1.99. The molecule has 1 aliphatic heterocycles. The molecule has 2 N–H and O–H groups in total. The molecule has 1 aromatic carbocycles. The monoisotopic (exact) mass is 285 g/mol. The number of hydrogen-bond donors (Lipinski definition) is 1. The number of aryl methyl sites for hydroxylation is 1. The Hall–Kier alpha value is -0.520. The van der Waals surface area contributed by atoms with Gasteiger partial charge < -0.3 is 0 Å². The summed E-state index contributed by atoms with van der Waals surface area (Å²) in [5, 5.41) is 5.74. The molecule has 2 rings (SSSR count). The first-order valence-corrected chi connectivity index (χ1v) is 8.35. The predicted octanol–water partition coefficient (Wildman–Crippen LogP) is 2.71. The first-order chi connectivity index (χ1) is 8.10. The highest BCUT2D eigenvalue weighted by molar-refractivity contribution is 8.01. The van der Waals surface area contributed by atoms with Gasteiger partial charge in [0.15, 0.2) is 0 Å². The summed E-state index contributed by atoms with van der Waals surface area (Å²) in [6.45, 7) is 8.34. The average Bonchev–Trinajstić information content (AvgIpc) is 2.57. The van der Waals surface area contributed by atoms with Crippen LogP contribution in [0.15, 0.2) is 21.9 Å². The van der Waals surface area contributed by atoms with Crippen LogP contribution in [-0.4, -0.2) is 13.7 Å². The van der Waals surface area contributed by atoms with Crippen molar-refractivity contribution in [2.75, 3.05) is 0 Å². The van der Waals surface area contributed by atoms with Crippen molar-refractivity contribution < 1.29 is 8.42 Å². The normalized spacial score (nSPS) is 19.9. The Bertz CT molecular complexity index is 586. The van der Waals surface area contributed by atoms with Gasteiger partial charge in [0.1, 0.15) is 0 Å². The van der Waals surface area contributed by atoms with Gasteiger partial charge in [-0.15, -0.1) is 11.8 Å². The Kier molecular flexibility index (Phi) is 3.28. The Balaban J connectivity index is 2.55. The molecule has 1 unspecified atom stereocenters. The van der Waals surface area contributed by atoms with E-state index in [1.807, 2.05) is 12.1 Å². The fourth-order valence-corrected chi connectivity index (χ4v) is 5.08. The lowest BCUT2D eigenvalue weighted by Crippen LogP contribution is -2.22. The third kappa shape index (κ3) is 2.44. The van der Waals surface area contributed by atoms with Gasteiger partial charge in [-0.25, -0.2) is 13.6 Å². The molecule has 0 spiro atoms. The number of thioether (sulfide) groups is 1. The molecule has 1 heterocycles. The summed E-state index contributed by atoms with van der Waals surface area (Å²) in [6, 6.07) is 3.88. The number of benzene rings is 1. The first-order valence-electron chi connectivity index (χ1n) is 5.92. The van der Waals surface area contributed by atoms with Crippen molar-refractivity contribution in [3.05, 3.63) is 23.3 Å². The van der Waals surface area contributed by atoms with E-state index in [1.54, 1.807) is 18.7 Å². The van der Waals surface area contributed by atoms with Gasteiger partial charge in [-0.3, -0.25) is 0 Å². The van der Waals surface area contributed by atoms with Gasteiger partial charge in [0.2, 0.25) is 10.0 Å². The minimum atomic E-state index is -3.65. The highest BCUT2D eigenvalue weighted by Crippen LogP contribution is 2.47. The first kappa shape index (κ1) is 13.9. The fourth-order valence-electron chi connectivity index (χ4n) is 2.21. The van der Waals surface area contributed by atoms with Crippen LogP contribution in [0.2, 0.25) is 0 Å². The maximum Gasteiger partial charge on any atom is 0.239 e. The van der Waals surface area contributed by atoms with Crippen LogP contribution in [0.5, 0.6) is 0 Å². The predicted molar refractivity (Wildman–Crippen MR) is 75.4 cm³/mol. The van der Waals surface area contributed by atoms with E-state index < -0.39 is 10.0 Å². The molecule has 0 fully saturated rings. The van der Waals surface area contributed by atoms with Crippen LogP contribution in [0.1, 0.15) is 31.9 Å². The molecule has 100 valence electrons.